The van der Waals surface area contributed by atoms with Crippen LogP contribution in [-0.2, 0) is 0 Å². The highest BCUT2D eigenvalue weighted by Gasteiger charge is 2.18. The monoisotopic (exact) mass is 402 g/mol. The van der Waals surface area contributed by atoms with Gasteiger partial charge in [-0.05, 0) is 29.7 Å². The van der Waals surface area contributed by atoms with Crippen molar-refractivity contribution in [3.63, 3.8) is 0 Å². The van der Waals surface area contributed by atoms with Crippen molar-refractivity contribution in [2.45, 2.75) is 12.3 Å². The maximum Gasteiger partial charge on any atom is 0.163 e. The first-order valence-corrected chi connectivity index (χ1v) is 10.4. The van der Waals surface area contributed by atoms with Crippen molar-refractivity contribution in [2.75, 3.05) is 5.73 Å². The molecule has 4 aromatic rings. The average Bonchev–Trinajstić information content (AvgIpc) is 2.85. The molecule has 4 nitrogen and oxygen atoms in total. The molecule has 1 aliphatic carbocycles. The van der Waals surface area contributed by atoms with E-state index in [4.69, 9.17) is 20.7 Å². The Morgan fingerprint density at radius 3 is 1.74 bits per heavy atom. The molecule has 3 aromatic carbocycles. The molecule has 0 bridgehead atoms. The molecule has 0 saturated carbocycles. The van der Waals surface area contributed by atoms with Crippen LogP contribution in [0.4, 0.5) is 5.69 Å². The van der Waals surface area contributed by atoms with E-state index in [1.165, 1.54) is 5.57 Å². The molecule has 0 radical (unpaired) electrons. The average molecular weight is 403 g/mol. The van der Waals surface area contributed by atoms with Crippen LogP contribution in [0.2, 0.25) is 0 Å². The van der Waals surface area contributed by atoms with E-state index >= 15 is 0 Å². The van der Waals surface area contributed by atoms with E-state index in [-0.39, 0.29) is 5.92 Å². The summed E-state index contributed by atoms with van der Waals surface area (Å²) < 4.78 is 0. The highest BCUT2D eigenvalue weighted by Crippen LogP contribution is 2.31. The van der Waals surface area contributed by atoms with Crippen molar-refractivity contribution in [1.29, 1.82) is 0 Å². The molecular formula is C27H22N4. The lowest BCUT2D eigenvalue weighted by atomic mass is 9.92. The quantitative estimate of drug-likeness (QED) is 0.431. The van der Waals surface area contributed by atoms with Crippen LogP contribution in [0.1, 0.15) is 23.7 Å². The number of hydrogen-bond donors (Lipinski definition) is 1. The third-order valence-corrected chi connectivity index (χ3v) is 5.39. The fraction of sp³-hybridized carbons (Fsp3) is 0.0741. The minimum Gasteiger partial charge on any atom is -0.399 e. The number of benzene rings is 3. The summed E-state index contributed by atoms with van der Waals surface area (Å²) >= 11 is 0. The summed E-state index contributed by atoms with van der Waals surface area (Å²) in [4.78, 5) is 14.5. The Morgan fingerprint density at radius 1 is 0.645 bits per heavy atom. The second-order valence-electron chi connectivity index (χ2n) is 7.56. The van der Waals surface area contributed by atoms with Gasteiger partial charge >= 0.3 is 0 Å². The van der Waals surface area contributed by atoms with Gasteiger partial charge in [-0.1, -0.05) is 91.0 Å². The van der Waals surface area contributed by atoms with Crippen LogP contribution in [0.5, 0.6) is 0 Å². The van der Waals surface area contributed by atoms with E-state index < -0.39 is 0 Å². The fourth-order valence-corrected chi connectivity index (χ4v) is 3.69. The molecule has 5 rings (SSSR count). The zero-order chi connectivity index (χ0) is 21.0. The summed E-state index contributed by atoms with van der Waals surface area (Å²) in [5.41, 5.74) is 10.9. The Labute approximate surface area is 181 Å². The zero-order valence-electron chi connectivity index (χ0n) is 17.0. The third-order valence-electron chi connectivity index (χ3n) is 5.39. The normalized spacial score (nSPS) is 15.5. The molecular weight excluding hydrogens is 380 g/mol. The van der Waals surface area contributed by atoms with E-state index in [0.29, 0.717) is 11.6 Å². The van der Waals surface area contributed by atoms with E-state index in [9.17, 15) is 0 Å². The van der Waals surface area contributed by atoms with Crippen LogP contribution in [-0.4, -0.2) is 15.0 Å². The standard InChI is InChI=1S/C27H22N4/c28-24-17-15-20(16-18-24)19-11-13-23(14-12-19)27-30-25(21-7-3-1-4-8-21)29-26(31-27)22-9-5-2-6-10-22/h1-13,15-18,23H,14,28H2. The minimum atomic E-state index is 0.102. The number of nitrogens with two attached hydrogens (primary N) is 1. The number of nitrogen functional groups attached to an aromatic ring is 1. The van der Waals surface area contributed by atoms with Crippen molar-refractivity contribution >= 4 is 11.3 Å². The Bertz CT molecular complexity index is 1190. The van der Waals surface area contributed by atoms with E-state index in [1.807, 2.05) is 72.8 Å². The Morgan fingerprint density at radius 2 is 1.23 bits per heavy atom. The lowest BCUT2D eigenvalue weighted by molar-refractivity contribution is 0.766. The highest BCUT2D eigenvalue weighted by molar-refractivity contribution is 5.76. The summed E-state index contributed by atoms with van der Waals surface area (Å²) in [5.74, 6) is 2.29. The summed E-state index contributed by atoms with van der Waals surface area (Å²) in [7, 11) is 0. The maximum absolute atomic E-state index is 5.82. The van der Waals surface area contributed by atoms with Crippen molar-refractivity contribution in [3.8, 4) is 22.8 Å². The van der Waals surface area contributed by atoms with E-state index in [1.54, 1.807) is 0 Å². The molecule has 1 aliphatic rings. The Hall–Kier alpha value is -4.05. The van der Waals surface area contributed by atoms with Crippen LogP contribution in [0, 0.1) is 0 Å². The predicted octanol–water partition coefficient (Wildman–Crippen LogP) is 5.91. The summed E-state index contributed by atoms with van der Waals surface area (Å²) in [6.45, 7) is 0. The second kappa shape index (κ2) is 8.36. The first-order chi connectivity index (χ1) is 15.3. The van der Waals surface area contributed by atoms with Crippen LogP contribution < -0.4 is 5.73 Å². The first kappa shape index (κ1) is 18.9. The van der Waals surface area contributed by atoms with Crippen LogP contribution in [0.25, 0.3) is 28.3 Å². The second-order valence-corrected chi connectivity index (χ2v) is 7.56. The molecule has 0 fully saturated rings. The number of nitrogens with zero attached hydrogens (tertiary/aromatic N) is 3. The van der Waals surface area contributed by atoms with Gasteiger partial charge in [-0.2, -0.15) is 0 Å². The molecule has 2 N–H and O–H groups in total. The van der Waals surface area contributed by atoms with Gasteiger partial charge in [0.15, 0.2) is 11.6 Å². The van der Waals surface area contributed by atoms with E-state index in [0.717, 1.165) is 34.6 Å². The van der Waals surface area contributed by atoms with Gasteiger partial charge in [0, 0.05) is 22.7 Å². The Balaban J connectivity index is 1.50. The van der Waals surface area contributed by atoms with Gasteiger partial charge in [0.05, 0.1) is 0 Å². The first-order valence-electron chi connectivity index (χ1n) is 10.4. The largest absolute Gasteiger partial charge is 0.399 e. The van der Waals surface area contributed by atoms with Crippen molar-refractivity contribution in [1.82, 2.24) is 15.0 Å². The van der Waals surface area contributed by atoms with Gasteiger partial charge in [0.25, 0.3) is 0 Å². The van der Waals surface area contributed by atoms with Crippen molar-refractivity contribution < 1.29 is 0 Å². The predicted molar refractivity (Wildman–Crippen MR) is 126 cm³/mol. The molecule has 1 heterocycles. The Kier molecular flexibility index (Phi) is 5.11. The minimum absolute atomic E-state index is 0.102. The van der Waals surface area contributed by atoms with Crippen LogP contribution in [0.3, 0.4) is 0 Å². The summed E-state index contributed by atoms with van der Waals surface area (Å²) in [6.07, 6.45) is 7.41. The van der Waals surface area contributed by atoms with Crippen LogP contribution >= 0.6 is 0 Å². The van der Waals surface area contributed by atoms with Gasteiger partial charge in [-0.3, -0.25) is 0 Å². The number of rotatable bonds is 4. The highest BCUT2D eigenvalue weighted by atomic mass is 15.0. The topological polar surface area (TPSA) is 64.7 Å². The van der Waals surface area contributed by atoms with E-state index in [2.05, 4.69) is 30.4 Å². The van der Waals surface area contributed by atoms with Crippen molar-refractivity contribution in [2.24, 2.45) is 0 Å². The molecule has 4 heteroatoms. The number of anilines is 1. The molecule has 0 saturated heterocycles. The summed E-state index contributed by atoms with van der Waals surface area (Å²) in [5, 5.41) is 0. The molecule has 0 spiro atoms. The molecule has 0 amide bonds. The lowest BCUT2D eigenvalue weighted by Crippen LogP contribution is -2.08. The smallest absolute Gasteiger partial charge is 0.163 e. The molecule has 0 aliphatic heterocycles. The fourth-order valence-electron chi connectivity index (χ4n) is 3.69. The van der Waals surface area contributed by atoms with Gasteiger partial charge in [0.2, 0.25) is 0 Å². The number of allylic oxidation sites excluding steroid dienone is 4. The third kappa shape index (κ3) is 4.14. The van der Waals surface area contributed by atoms with Gasteiger partial charge in [-0.15, -0.1) is 0 Å². The zero-order valence-corrected chi connectivity index (χ0v) is 17.0. The molecule has 1 unspecified atom stereocenters. The SMILES string of the molecule is Nc1ccc(C2=CCC(c3nc(-c4ccccc4)nc(-c4ccccc4)n3)C=C2)cc1. The lowest BCUT2D eigenvalue weighted by Gasteiger charge is -2.17. The van der Waals surface area contributed by atoms with Crippen LogP contribution in [0.15, 0.2) is 103 Å². The van der Waals surface area contributed by atoms with Gasteiger partial charge in [0.1, 0.15) is 5.82 Å². The van der Waals surface area contributed by atoms with Crippen molar-refractivity contribution in [3.05, 3.63) is 115 Å². The number of aromatic nitrogens is 3. The molecule has 1 aromatic heterocycles. The summed E-state index contributed by atoms with van der Waals surface area (Å²) in [6, 6.07) is 28.1. The van der Waals surface area contributed by atoms with Gasteiger partial charge < -0.3 is 5.73 Å². The molecule has 31 heavy (non-hydrogen) atoms. The maximum atomic E-state index is 5.82. The van der Waals surface area contributed by atoms with Gasteiger partial charge in [-0.25, -0.2) is 15.0 Å². The number of hydrogen-bond acceptors (Lipinski definition) is 4. The molecule has 1 atom stereocenters. The molecule has 150 valence electrons.